The maximum atomic E-state index is 2.41. The van der Waals surface area contributed by atoms with Crippen LogP contribution in [0.2, 0.25) is 12.6 Å². The summed E-state index contributed by atoms with van der Waals surface area (Å²) in [5.41, 5.74) is 0. The predicted octanol–water partition coefficient (Wildman–Crippen LogP) is 4.26. The molecule has 2 unspecified atom stereocenters. The van der Waals surface area contributed by atoms with Gasteiger partial charge in [-0.15, -0.1) is 0 Å². The van der Waals surface area contributed by atoms with Crippen molar-refractivity contribution in [3.8, 4) is 0 Å². The molecule has 0 heterocycles. The maximum Gasteiger partial charge on any atom is 0.109 e. The van der Waals surface area contributed by atoms with E-state index in [9.17, 15) is 0 Å². The van der Waals surface area contributed by atoms with Gasteiger partial charge in [-0.2, -0.15) is 0 Å². The third-order valence-corrected chi connectivity index (χ3v) is 3.11. The van der Waals surface area contributed by atoms with Crippen LogP contribution in [0, 0.1) is 17.8 Å². The van der Waals surface area contributed by atoms with Crippen molar-refractivity contribution in [3.63, 3.8) is 0 Å². The molecule has 1 radical (unpaired) electrons. The summed E-state index contributed by atoms with van der Waals surface area (Å²) in [7, 11) is 2.41. The first kappa shape index (κ1) is 13.1. The van der Waals surface area contributed by atoms with E-state index in [0.717, 1.165) is 17.8 Å². The number of rotatable bonds is 7. The molecule has 0 aliphatic carbocycles. The number of hydrogen-bond donors (Lipinski definition) is 0. The van der Waals surface area contributed by atoms with Crippen molar-refractivity contribution < 1.29 is 0 Å². The first-order valence-electron chi connectivity index (χ1n) is 5.89. The molecule has 13 heavy (non-hydrogen) atoms. The summed E-state index contributed by atoms with van der Waals surface area (Å²) in [5, 5.41) is 0. The molecule has 1 heteroatoms. The molecule has 0 aromatic heterocycles. The fraction of sp³-hybridized carbons (Fsp3) is 1.00. The largest absolute Gasteiger partial charge is 0.109 e. The minimum Gasteiger partial charge on any atom is -0.0831 e. The second kappa shape index (κ2) is 7.47. The zero-order valence-corrected chi connectivity index (χ0v) is 10.1. The van der Waals surface area contributed by atoms with Gasteiger partial charge in [0, 0.05) is 0 Å². The van der Waals surface area contributed by atoms with Gasteiger partial charge < -0.3 is 0 Å². The summed E-state index contributed by atoms with van der Waals surface area (Å²) in [6, 6.07) is 0. The normalized spacial score (nSPS) is 15.8. The van der Waals surface area contributed by atoms with Gasteiger partial charge in [0.05, 0.1) is 0 Å². The molecule has 0 nitrogen and oxygen atoms in total. The van der Waals surface area contributed by atoms with E-state index in [0.29, 0.717) is 0 Å². The first-order chi connectivity index (χ1) is 6.07. The highest BCUT2D eigenvalue weighted by Gasteiger charge is 2.09. The molecular formula is C12H26B. The zero-order valence-electron chi connectivity index (χ0n) is 10.1. The Morgan fingerprint density at radius 2 is 1.62 bits per heavy atom. The van der Waals surface area contributed by atoms with E-state index >= 15 is 0 Å². The van der Waals surface area contributed by atoms with E-state index in [1.165, 1.54) is 25.5 Å². The van der Waals surface area contributed by atoms with Gasteiger partial charge in [0.1, 0.15) is 7.28 Å². The molecule has 0 spiro atoms. The standard InChI is InChI=1S/C12H26B/c1-6-13-9-11(4)7-8-12(5)10(2)3/h10-12H,6-9H2,1-5H3. The molecule has 0 saturated carbocycles. The Hall–Kier alpha value is 0.0649. The van der Waals surface area contributed by atoms with Crippen molar-refractivity contribution in [3.05, 3.63) is 0 Å². The molecule has 0 aliphatic rings. The Morgan fingerprint density at radius 1 is 1.00 bits per heavy atom. The van der Waals surface area contributed by atoms with Crippen molar-refractivity contribution in [1.82, 2.24) is 0 Å². The van der Waals surface area contributed by atoms with E-state index in [2.05, 4.69) is 41.9 Å². The Balaban J connectivity index is 3.40. The van der Waals surface area contributed by atoms with Crippen LogP contribution in [-0.4, -0.2) is 7.28 Å². The van der Waals surface area contributed by atoms with Crippen LogP contribution in [-0.2, 0) is 0 Å². The zero-order chi connectivity index (χ0) is 10.3. The molecule has 0 bridgehead atoms. The fourth-order valence-electron chi connectivity index (χ4n) is 1.45. The molecular weight excluding hydrogens is 155 g/mol. The van der Waals surface area contributed by atoms with Crippen molar-refractivity contribution in [2.75, 3.05) is 0 Å². The summed E-state index contributed by atoms with van der Waals surface area (Å²) >= 11 is 0. The third kappa shape index (κ3) is 7.16. The Labute approximate surface area is 85.7 Å². The van der Waals surface area contributed by atoms with Crippen molar-refractivity contribution in [2.45, 2.75) is 60.1 Å². The highest BCUT2D eigenvalue weighted by atomic mass is 14.1. The third-order valence-electron chi connectivity index (χ3n) is 3.11. The summed E-state index contributed by atoms with van der Waals surface area (Å²) in [5.74, 6) is 2.63. The van der Waals surface area contributed by atoms with Gasteiger partial charge in [-0.05, 0) is 11.8 Å². The van der Waals surface area contributed by atoms with Crippen LogP contribution in [0.15, 0.2) is 0 Å². The topological polar surface area (TPSA) is 0 Å². The summed E-state index contributed by atoms with van der Waals surface area (Å²) in [4.78, 5) is 0. The molecule has 0 N–H and O–H groups in total. The molecule has 2 atom stereocenters. The van der Waals surface area contributed by atoms with Crippen molar-refractivity contribution in [1.29, 1.82) is 0 Å². The van der Waals surface area contributed by atoms with E-state index in [1.807, 2.05) is 0 Å². The van der Waals surface area contributed by atoms with E-state index in [-0.39, 0.29) is 0 Å². The summed E-state index contributed by atoms with van der Waals surface area (Å²) in [6.45, 7) is 11.6. The summed E-state index contributed by atoms with van der Waals surface area (Å²) in [6.07, 6.45) is 5.33. The molecule has 0 aromatic rings. The van der Waals surface area contributed by atoms with Crippen LogP contribution in [0.3, 0.4) is 0 Å². The van der Waals surface area contributed by atoms with Crippen LogP contribution in [0.25, 0.3) is 0 Å². The van der Waals surface area contributed by atoms with Crippen LogP contribution in [0.1, 0.15) is 47.5 Å². The molecule has 77 valence electrons. The van der Waals surface area contributed by atoms with Gasteiger partial charge in [0.2, 0.25) is 0 Å². The van der Waals surface area contributed by atoms with Crippen LogP contribution in [0.5, 0.6) is 0 Å². The average Bonchev–Trinajstić information content (AvgIpc) is 2.10. The van der Waals surface area contributed by atoms with Gasteiger partial charge in [0.15, 0.2) is 0 Å². The lowest BCUT2D eigenvalue weighted by Crippen LogP contribution is -2.07. The molecule has 0 aromatic carbocycles. The van der Waals surface area contributed by atoms with E-state index in [1.54, 1.807) is 0 Å². The minimum absolute atomic E-state index is 0.849. The highest BCUT2D eigenvalue weighted by molar-refractivity contribution is 6.35. The SMILES string of the molecule is CC[B]CC(C)CCC(C)C(C)C. The Morgan fingerprint density at radius 3 is 2.08 bits per heavy atom. The smallest absolute Gasteiger partial charge is 0.0831 e. The second-order valence-electron chi connectivity index (χ2n) is 4.84. The Kier molecular flexibility index (Phi) is 7.50. The van der Waals surface area contributed by atoms with Crippen LogP contribution < -0.4 is 0 Å². The monoisotopic (exact) mass is 181 g/mol. The van der Waals surface area contributed by atoms with E-state index < -0.39 is 0 Å². The summed E-state index contributed by atoms with van der Waals surface area (Å²) < 4.78 is 0. The molecule has 0 rings (SSSR count). The highest BCUT2D eigenvalue weighted by Crippen LogP contribution is 2.20. The predicted molar refractivity (Wildman–Crippen MR) is 63.4 cm³/mol. The van der Waals surface area contributed by atoms with Gasteiger partial charge in [-0.3, -0.25) is 0 Å². The van der Waals surface area contributed by atoms with E-state index in [4.69, 9.17) is 0 Å². The lowest BCUT2D eigenvalue weighted by Gasteiger charge is -2.17. The first-order valence-corrected chi connectivity index (χ1v) is 5.89. The van der Waals surface area contributed by atoms with Crippen molar-refractivity contribution >= 4 is 7.28 Å². The molecule has 0 amide bonds. The van der Waals surface area contributed by atoms with Crippen LogP contribution in [0.4, 0.5) is 0 Å². The lowest BCUT2D eigenvalue weighted by molar-refractivity contribution is 0.358. The number of hydrogen-bond acceptors (Lipinski definition) is 0. The Bertz CT molecular complexity index is 110. The molecule has 0 aliphatic heterocycles. The maximum absolute atomic E-state index is 2.41. The van der Waals surface area contributed by atoms with Gasteiger partial charge in [0.25, 0.3) is 0 Å². The van der Waals surface area contributed by atoms with Gasteiger partial charge in [-0.25, -0.2) is 0 Å². The van der Waals surface area contributed by atoms with Crippen molar-refractivity contribution in [2.24, 2.45) is 17.8 Å². The molecule has 0 fully saturated rings. The average molecular weight is 181 g/mol. The second-order valence-corrected chi connectivity index (χ2v) is 4.84. The lowest BCUT2D eigenvalue weighted by atomic mass is 9.67. The minimum atomic E-state index is 0.849. The van der Waals surface area contributed by atoms with Crippen LogP contribution >= 0.6 is 0 Å². The van der Waals surface area contributed by atoms with Gasteiger partial charge in [-0.1, -0.05) is 66.0 Å². The fourth-order valence-corrected chi connectivity index (χ4v) is 1.45. The molecule has 0 saturated heterocycles. The van der Waals surface area contributed by atoms with Gasteiger partial charge >= 0.3 is 0 Å². The quantitative estimate of drug-likeness (QED) is 0.515.